The lowest BCUT2D eigenvalue weighted by Gasteiger charge is -2.29. The van der Waals surface area contributed by atoms with Crippen molar-refractivity contribution < 1.29 is 4.42 Å². The van der Waals surface area contributed by atoms with Gasteiger partial charge in [0.25, 0.3) is 5.89 Å². The Morgan fingerprint density at radius 3 is 3.11 bits per heavy atom. The standard InChI is InChI=1S/C13H16BrN3OS/c1-9-3-2-6-17(7-9)8-12-15-16-13(18-12)10-4-5-11(14)19-10/h4-5,9H,2-3,6-8H2,1H3/t9-/m0/s1. The molecular weight excluding hydrogens is 326 g/mol. The van der Waals surface area contributed by atoms with Gasteiger partial charge in [-0.1, -0.05) is 6.92 Å². The minimum absolute atomic E-state index is 0.621. The third-order valence-corrected chi connectivity index (χ3v) is 4.96. The van der Waals surface area contributed by atoms with Crippen molar-refractivity contribution >= 4 is 27.3 Å². The summed E-state index contributed by atoms with van der Waals surface area (Å²) in [6, 6.07) is 3.99. The normalized spacial score (nSPS) is 20.8. The van der Waals surface area contributed by atoms with Crippen LogP contribution in [-0.4, -0.2) is 28.2 Å². The van der Waals surface area contributed by atoms with E-state index in [2.05, 4.69) is 38.0 Å². The van der Waals surface area contributed by atoms with Gasteiger partial charge in [0.15, 0.2) is 0 Å². The molecule has 0 spiro atoms. The Morgan fingerprint density at radius 2 is 2.37 bits per heavy atom. The van der Waals surface area contributed by atoms with Gasteiger partial charge in [-0.3, -0.25) is 4.90 Å². The molecule has 0 N–H and O–H groups in total. The molecule has 19 heavy (non-hydrogen) atoms. The van der Waals surface area contributed by atoms with E-state index in [1.165, 1.54) is 12.8 Å². The summed E-state index contributed by atoms with van der Waals surface area (Å²) in [5, 5.41) is 8.28. The molecular formula is C13H16BrN3OS. The third-order valence-electron chi connectivity index (χ3n) is 3.35. The maximum Gasteiger partial charge on any atom is 0.257 e. The number of likely N-dealkylation sites (tertiary alicyclic amines) is 1. The highest BCUT2D eigenvalue weighted by Gasteiger charge is 2.19. The molecule has 3 rings (SSSR count). The molecule has 3 heterocycles. The molecule has 0 bridgehead atoms. The first-order valence-corrected chi connectivity index (χ1v) is 8.12. The van der Waals surface area contributed by atoms with Gasteiger partial charge in [0, 0.05) is 6.54 Å². The first kappa shape index (κ1) is 13.3. The van der Waals surface area contributed by atoms with Crippen molar-refractivity contribution in [2.75, 3.05) is 13.1 Å². The SMILES string of the molecule is C[C@H]1CCCN(Cc2nnc(-c3ccc(Br)s3)o2)C1. The number of thiophene rings is 1. The molecule has 4 nitrogen and oxygen atoms in total. The van der Waals surface area contributed by atoms with Gasteiger partial charge < -0.3 is 4.42 Å². The van der Waals surface area contributed by atoms with Gasteiger partial charge >= 0.3 is 0 Å². The summed E-state index contributed by atoms with van der Waals surface area (Å²) in [5.41, 5.74) is 0. The van der Waals surface area contributed by atoms with Crippen LogP contribution in [0.2, 0.25) is 0 Å². The van der Waals surface area contributed by atoms with E-state index in [4.69, 9.17) is 4.42 Å². The first-order chi connectivity index (χ1) is 9.20. The van der Waals surface area contributed by atoms with E-state index in [0.29, 0.717) is 11.8 Å². The second kappa shape index (κ2) is 5.73. The summed E-state index contributed by atoms with van der Waals surface area (Å²) in [5.74, 6) is 2.11. The molecule has 102 valence electrons. The minimum Gasteiger partial charge on any atom is -0.419 e. The van der Waals surface area contributed by atoms with Crippen LogP contribution in [-0.2, 0) is 6.54 Å². The highest BCUT2D eigenvalue weighted by Crippen LogP contribution is 2.30. The zero-order chi connectivity index (χ0) is 13.2. The molecule has 0 saturated carbocycles. The largest absolute Gasteiger partial charge is 0.419 e. The van der Waals surface area contributed by atoms with Crippen molar-refractivity contribution in [2.24, 2.45) is 5.92 Å². The second-order valence-corrected chi connectivity index (χ2v) is 7.55. The first-order valence-electron chi connectivity index (χ1n) is 6.51. The number of nitrogens with zero attached hydrogens (tertiary/aromatic N) is 3. The highest BCUT2D eigenvalue weighted by atomic mass is 79.9. The topological polar surface area (TPSA) is 42.2 Å². The Morgan fingerprint density at radius 1 is 1.47 bits per heavy atom. The number of hydrogen-bond acceptors (Lipinski definition) is 5. The van der Waals surface area contributed by atoms with Crippen LogP contribution in [0.4, 0.5) is 0 Å². The molecule has 1 saturated heterocycles. The Balaban J connectivity index is 1.68. The van der Waals surface area contributed by atoms with Gasteiger partial charge in [0.2, 0.25) is 5.89 Å². The van der Waals surface area contributed by atoms with Crippen LogP contribution >= 0.6 is 27.3 Å². The molecule has 0 radical (unpaired) electrons. The van der Waals surface area contributed by atoms with Crippen LogP contribution in [0.5, 0.6) is 0 Å². The van der Waals surface area contributed by atoms with Crippen LogP contribution in [0.1, 0.15) is 25.7 Å². The summed E-state index contributed by atoms with van der Waals surface area (Å²) in [7, 11) is 0. The maximum atomic E-state index is 5.75. The fourth-order valence-corrected chi connectivity index (χ4v) is 3.78. The summed E-state index contributed by atoms with van der Waals surface area (Å²) in [6.45, 7) is 5.33. The Kier molecular flexibility index (Phi) is 4.00. The van der Waals surface area contributed by atoms with Crippen LogP contribution in [0, 0.1) is 5.92 Å². The van der Waals surface area contributed by atoms with E-state index in [-0.39, 0.29) is 0 Å². The second-order valence-electron chi connectivity index (χ2n) is 5.09. The van der Waals surface area contributed by atoms with E-state index in [0.717, 1.165) is 34.2 Å². The van der Waals surface area contributed by atoms with Gasteiger partial charge in [-0.2, -0.15) is 0 Å². The molecule has 0 amide bonds. The molecule has 0 aromatic carbocycles. The lowest BCUT2D eigenvalue weighted by molar-refractivity contribution is 0.163. The zero-order valence-electron chi connectivity index (χ0n) is 10.8. The van der Waals surface area contributed by atoms with Crippen LogP contribution in [0.15, 0.2) is 20.3 Å². The minimum atomic E-state index is 0.621. The molecule has 2 aromatic rings. The number of piperidine rings is 1. The molecule has 1 aliphatic rings. The van der Waals surface area contributed by atoms with Gasteiger partial charge in [0.1, 0.15) is 0 Å². The lowest BCUT2D eigenvalue weighted by atomic mass is 10.0. The van der Waals surface area contributed by atoms with Crippen molar-refractivity contribution in [1.82, 2.24) is 15.1 Å². The number of hydrogen-bond donors (Lipinski definition) is 0. The lowest BCUT2D eigenvalue weighted by Crippen LogP contribution is -2.33. The average molecular weight is 342 g/mol. The quantitative estimate of drug-likeness (QED) is 0.851. The summed E-state index contributed by atoms with van der Waals surface area (Å²) < 4.78 is 6.82. The summed E-state index contributed by atoms with van der Waals surface area (Å²) in [6.07, 6.45) is 2.59. The Bertz CT molecular complexity index is 554. The van der Waals surface area contributed by atoms with E-state index in [1.54, 1.807) is 11.3 Å². The summed E-state index contributed by atoms with van der Waals surface area (Å²) >= 11 is 5.05. The van der Waals surface area contributed by atoms with E-state index < -0.39 is 0 Å². The molecule has 1 atom stereocenters. The van der Waals surface area contributed by atoms with E-state index >= 15 is 0 Å². The van der Waals surface area contributed by atoms with Crippen LogP contribution in [0.25, 0.3) is 10.8 Å². The fourth-order valence-electron chi connectivity index (χ4n) is 2.47. The van der Waals surface area contributed by atoms with Crippen molar-refractivity contribution in [2.45, 2.75) is 26.3 Å². The van der Waals surface area contributed by atoms with E-state index in [9.17, 15) is 0 Å². The predicted octanol–water partition coefficient (Wildman–Crippen LogP) is 3.79. The van der Waals surface area contributed by atoms with Crippen molar-refractivity contribution in [3.63, 3.8) is 0 Å². The van der Waals surface area contributed by atoms with Gasteiger partial charge in [-0.25, -0.2) is 0 Å². The van der Waals surface area contributed by atoms with Crippen LogP contribution in [0.3, 0.4) is 0 Å². The van der Waals surface area contributed by atoms with Crippen LogP contribution < -0.4 is 0 Å². The monoisotopic (exact) mass is 341 g/mol. The van der Waals surface area contributed by atoms with Crippen molar-refractivity contribution in [3.05, 3.63) is 21.8 Å². The maximum absolute atomic E-state index is 5.75. The molecule has 1 fully saturated rings. The number of halogens is 1. The van der Waals surface area contributed by atoms with Crippen molar-refractivity contribution in [3.8, 4) is 10.8 Å². The number of rotatable bonds is 3. The molecule has 0 unspecified atom stereocenters. The van der Waals surface area contributed by atoms with E-state index in [1.807, 2.05) is 12.1 Å². The van der Waals surface area contributed by atoms with Gasteiger partial charge in [-0.15, -0.1) is 21.5 Å². The van der Waals surface area contributed by atoms with Gasteiger partial charge in [0.05, 0.1) is 15.2 Å². The fraction of sp³-hybridized carbons (Fsp3) is 0.538. The summed E-state index contributed by atoms with van der Waals surface area (Å²) in [4.78, 5) is 3.41. The molecule has 0 aliphatic carbocycles. The molecule has 6 heteroatoms. The number of aromatic nitrogens is 2. The highest BCUT2D eigenvalue weighted by molar-refractivity contribution is 9.11. The smallest absolute Gasteiger partial charge is 0.257 e. The Labute approximate surface area is 125 Å². The van der Waals surface area contributed by atoms with Crippen molar-refractivity contribution in [1.29, 1.82) is 0 Å². The zero-order valence-corrected chi connectivity index (χ0v) is 13.2. The molecule has 2 aromatic heterocycles. The molecule has 1 aliphatic heterocycles. The predicted molar refractivity (Wildman–Crippen MR) is 79.0 cm³/mol. The third kappa shape index (κ3) is 3.24. The van der Waals surface area contributed by atoms with Gasteiger partial charge in [-0.05, 0) is 53.4 Å². The average Bonchev–Trinajstić information content (AvgIpc) is 2.98. The Hall–Kier alpha value is -0.720.